The molecular weight excluding hydrogens is 138 g/mol. The van der Waals surface area contributed by atoms with Gasteiger partial charge >= 0.3 is 0 Å². The molecule has 2 heterocycles. The molecule has 0 radical (unpaired) electrons. The Morgan fingerprint density at radius 2 is 2.18 bits per heavy atom. The molecule has 0 aliphatic rings. The summed E-state index contributed by atoms with van der Waals surface area (Å²) in [7, 11) is 0. The predicted octanol–water partition coefficient (Wildman–Crippen LogP) is 1.34. The van der Waals surface area contributed by atoms with Crippen LogP contribution in [0.4, 0.5) is 0 Å². The lowest BCUT2D eigenvalue weighted by Crippen LogP contribution is -2.23. The minimum atomic E-state index is 0.829. The summed E-state index contributed by atoms with van der Waals surface area (Å²) in [5.41, 5.74) is 1.68. The van der Waals surface area contributed by atoms with Gasteiger partial charge in [-0.3, -0.25) is 0 Å². The lowest BCUT2D eigenvalue weighted by atomic mass is 10.3. The summed E-state index contributed by atoms with van der Waals surface area (Å²) in [6.45, 7) is 0. The topological polar surface area (TPSA) is 40.6 Å². The van der Waals surface area contributed by atoms with Gasteiger partial charge in [0, 0.05) is 18.3 Å². The molecule has 0 bridgehead atoms. The second kappa shape index (κ2) is 2.20. The molecule has 3 nitrogen and oxygen atoms in total. The molecule has 3 heteroatoms. The van der Waals surface area contributed by atoms with Crippen LogP contribution in [0.3, 0.4) is 0 Å². The molecule has 54 valence electrons. The second-order valence-corrected chi connectivity index (χ2v) is 2.29. The Kier molecular flexibility index (Phi) is 1.22. The van der Waals surface area contributed by atoms with Gasteiger partial charge in [0.15, 0.2) is 6.20 Å². The van der Waals surface area contributed by atoms with Crippen LogP contribution in [-0.2, 0) is 0 Å². The monoisotopic (exact) mass is 145 g/mol. The fourth-order valence-electron chi connectivity index (χ4n) is 1.04. The van der Waals surface area contributed by atoms with Crippen molar-refractivity contribution < 1.29 is 4.68 Å². The molecule has 0 aliphatic carbocycles. The molecule has 2 rings (SSSR count). The molecule has 0 saturated carbocycles. The van der Waals surface area contributed by atoms with E-state index in [1.807, 2.05) is 24.3 Å². The minimum Gasteiger partial charge on any atom is -0.448 e. The van der Waals surface area contributed by atoms with Gasteiger partial charge in [0.2, 0.25) is 5.52 Å². The zero-order valence-electron chi connectivity index (χ0n) is 5.86. The van der Waals surface area contributed by atoms with E-state index in [0.717, 1.165) is 11.0 Å². The molecule has 0 aromatic carbocycles. The number of hydrogen-bond donors (Lipinski definition) is 0. The molecule has 0 aliphatic heterocycles. The highest BCUT2D eigenvalue weighted by atomic mass is 15.3. The van der Waals surface area contributed by atoms with Gasteiger partial charge in [-0.2, -0.15) is 0 Å². The van der Waals surface area contributed by atoms with Crippen molar-refractivity contribution in [2.24, 2.45) is 0 Å². The lowest BCUT2D eigenvalue weighted by Gasteiger charge is -1.97. The van der Waals surface area contributed by atoms with Crippen LogP contribution >= 0.6 is 0 Å². The molecule has 11 heavy (non-hydrogen) atoms. The zero-order valence-corrected chi connectivity index (χ0v) is 5.86. The van der Waals surface area contributed by atoms with Crippen LogP contribution in [0.5, 0.6) is 0 Å². The number of nitrogens with zero attached hydrogens (tertiary/aromatic N) is 2. The summed E-state index contributed by atoms with van der Waals surface area (Å²) in [6.07, 6.45) is 3.41. The normalized spacial score (nSPS) is 10.2. The standard InChI is InChI=1S/C8H7N3/c9-11-6-2-3-7-8(11)4-1-5-10-7/h1-6,9H. The van der Waals surface area contributed by atoms with Crippen molar-refractivity contribution in [2.75, 3.05) is 0 Å². The van der Waals surface area contributed by atoms with Crippen LogP contribution in [0.2, 0.25) is 0 Å². The lowest BCUT2D eigenvalue weighted by molar-refractivity contribution is -0.577. The van der Waals surface area contributed by atoms with E-state index in [-0.39, 0.29) is 0 Å². The van der Waals surface area contributed by atoms with E-state index in [9.17, 15) is 0 Å². The SMILES string of the molecule is [NH-][n+]1cccc2ncccc21. The average Bonchev–Trinajstić information content (AvgIpc) is 2.06. The highest BCUT2D eigenvalue weighted by Gasteiger charge is 1.98. The minimum absolute atomic E-state index is 0.829. The first-order valence-corrected chi connectivity index (χ1v) is 3.35. The van der Waals surface area contributed by atoms with Crippen LogP contribution in [0, 0.1) is 0 Å². The zero-order chi connectivity index (χ0) is 7.68. The molecule has 0 unspecified atom stereocenters. The van der Waals surface area contributed by atoms with Gasteiger partial charge in [-0.15, -0.1) is 0 Å². The predicted molar refractivity (Wildman–Crippen MR) is 41.7 cm³/mol. The Bertz CT molecular complexity index is 378. The van der Waals surface area contributed by atoms with E-state index in [0.29, 0.717) is 0 Å². The smallest absolute Gasteiger partial charge is 0.226 e. The molecule has 1 N–H and O–H groups in total. The largest absolute Gasteiger partial charge is 0.448 e. The molecule has 2 aromatic rings. The number of nitrogens with one attached hydrogen (secondary N) is 1. The van der Waals surface area contributed by atoms with Crippen molar-refractivity contribution in [3.8, 4) is 0 Å². The maximum atomic E-state index is 7.44. The molecule has 0 atom stereocenters. The summed E-state index contributed by atoms with van der Waals surface area (Å²) in [4.78, 5) is 4.10. The summed E-state index contributed by atoms with van der Waals surface area (Å²) in [6, 6.07) is 7.39. The van der Waals surface area contributed by atoms with Crippen molar-refractivity contribution in [2.45, 2.75) is 0 Å². The third kappa shape index (κ3) is 0.902. The Morgan fingerprint density at radius 3 is 3.00 bits per heavy atom. The molecule has 2 aromatic heterocycles. The van der Waals surface area contributed by atoms with Crippen LogP contribution in [-0.4, -0.2) is 4.98 Å². The number of pyridine rings is 2. The third-order valence-corrected chi connectivity index (χ3v) is 1.56. The van der Waals surface area contributed by atoms with Gasteiger partial charge in [0.25, 0.3) is 0 Å². The highest BCUT2D eigenvalue weighted by molar-refractivity contribution is 5.69. The van der Waals surface area contributed by atoms with Gasteiger partial charge in [-0.1, -0.05) is 0 Å². The maximum absolute atomic E-state index is 7.44. The Labute approximate surface area is 64.1 Å². The van der Waals surface area contributed by atoms with Crippen molar-refractivity contribution in [1.82, 2.24) is 4.98 Å². The third-order valence-electron chi connectivity index (χ3n) is 1.56. The molecule has 0 amide bonds. The van der Waals surface area contributed by atoms with E-state index in [1.165, 1.54) is 4.68 Å². The molecule has 0 spiro atoms. The first-order chi connectivity index (χ1) is 5.38. The summed E-state index contributed by atoms with van der Waals surface area (Å²) in [5.74, 6) is 7.44. The van der Waals surface area contributed by atoms with Gasteiger partial charge in [-0.25, -0.2) is 9.66 Å². The van der Waals surface area contributed by atoms with E-state index >= 15 is 0 Å². The quantitative estimate of drug-likeness (QED) is 0.515. The summed E-state index contributed by atoms with van der Waals surface area (Å²) < 4.78 is 1.31. The number of hydrogen-bond acceptors (Lipinski definition) is 1. The van der Waals surface area contributed by atoms with Crippen LogP contribution in [0.25, 0.3) is 16.9 Å². The van der Waals surface area contributed by atoms with E-state index in [2.05, 4.69) is 4.98 Å². The average molecular weight is 145 g/mol. The van der Waals surface area contributed by atoms with Crippen LogP contribution < -0.4 is 4.68 Å². The van der Waals surface area contributed by atoms with Crippen LogP contribution in [0.1, 0.15) is 0 Å². The van der Waals surface area contributed by atoms with Gasteiger partial charge < -0.3 is 5.84 Å². The summed E-state index contributed by atoms with van der Waals surface area (Å²) in [5, 5.41) is 0. The van der Waals surface area contributed by atoms with Crippen molar-refractivity contribution in [1.29, 1.82) is 0 Å². The number of fused-ring (bicyclic) bond motifs is 1. The Balaban J connectivity index is 2.91. The summed E-state index contributed by atoms with van der Waals surface area (Å²) >= 11 is 0. The van der Waals surface area contributed by atoms with E-state index in [4.69, 9.17) is 5.84 Å². The van der Waals surface area contributed by atoms with Gasteiger partial charge in [-0.05, 0) is 12.1 Å². The number of rotatable bonds is 0. The van der Waals surface area contributed by atoms with Crippen molar-refractivity contribution in [3.63, 3.8) is 0 Å². The first-order valence-electron chi connectivity index (χ1n) is 3.35. The van der Waals surface area contributed by atoms with Gasteiger partial charge in [0.1, 0.15) is 5.52 Å². The Hall–Kier alpha value is -1.64. The van der Waals surface area contributed by atoms with E-state index < -0.39 is 0 Å². The van der Waals surface area contributed by atoms with Crippen molar-refractivity contribution >= 4 is 11.0 Å². The molecule has 0 fully saturated rings. The van der Waals surface area contributed by atoms with Crippen molar-refractivity contribution in [3.05, 3.63) is 42.5 Å². The maximum Gasteiger partial charge on any atom is 0.226 e. The van der Waals surface area contributed by atoms with Crippen LogP contribution in [0.15, 0.2) is 36.7 Å². The molecule has 0 saturated heterocycles. The fourth-order valence-corrected chi connectivity index (χ4v) is 1.04. The number of aromatic nitrogens is 2. The molecular formula is C8H7N3. The first kappa shape index (κ1) is 6.09. The highest BCUT2D eigenvalue weighted by Crippen LogP contribution is 2.03. The Morgan fingerprint density at radius 1 is 1.27 bits per heavy atom. The second-order valence-electron chi connectivity index (χ2n) is 2.29. The van der Waals surface area contributed by atoms with E-state index in [1.54, 1.807) is 12.4 Å². The fraction of sp³-hybridized carbons (Fsp3) is 0. The van der Waals surface area contributed by atoms with Gasteiger partial charge in [0.05, 0.1) is 0 Å².